The van der Waals surface area contributed by atoms with Crippen LogP contribution in [0.25, 0.3) is 0 Å². The van der Waals surface area contributed by atoms with Crippen molar-refractivity contribution in [1.82, 2.24) is 4.72 Å². The molecule has 1 aromatic carbocycles. The Morgan fingerprint density at radius 3 is 2.72 bits per heavy atom. The van der Waals surface area contributed by atoms with Crippen LogP contribution in [0.1, 0.15) is 6.92 Å². The zero-order valence-corrected chi connectivity index (χ0v) is 11.8. The van der Waals surface area contributed by atoms with E-state index in [1.165, 1.54) is 26.2 Å². The molecule has 2 N–H and O–H groups in total. The lowest BCUT2D eigenvalue weighted by molar-refractivity contribution is -0.0119. The molecule has 0 saturated carbocycles. The number of hydrogen-bond donors (Lipinski definition) is 2. The van der Waals surface area contributed by atoms with E-state index in [1.54, 1.807) is 12.1 Å². The average Bonchev–Trinajstić information content (AvgIpc) is 2.27. The predicted molar refractivity (Wildman–Crippen MR) is 69.1 cm³/mol. The van der Waals surface area contributed by atoms with E-state index >= 15 is 0 Å². The van der Waals surface area contributed by atoms with E-state index in [1.807, 2.05) is 0 Å². The number of ether oxygens (including phenoxy) is 1. The molecule has 1 rings (SSSR count). The predicted octanol–water partition coefficient (Wildman–Crippen LogP) is 1.02. The standard InChI is InChI=1S/C11H16ClNO4S/c1-11(14,8-17-2)7-13-18(15,16)10-5-3-4-9(12)6-10/h3-6,13-14H,7-8H2,1-2H3/t11-/m0/s1. The fourth-order valence-corrected chi connectivity index (χ4v) is 2.79. The maximum Gasteiger partial charge on any atom is 0.240 e. The van der Waals surface area contributed by atoms with Gasteiger partial charge in [-0.3, -0.25) is 0 Å². The topological polar surface area (TPSA) is 75.6 Å². The van der Waals surface area contributed by atoms with Gasteiger partial charge in [0.2, 0.25) is 10.0 Å². The largest absolute Gasteiger partial charge is 0.386 e. The molecule has 0 spiro atoms. The molecule has 0 aromatic heterocycles. The van der Waals surface area contributed by atoms with E-state index in [-0.39, 0.29) is 18.0 Å². The third-order valence-corrected chi connectivity index (χ3v) is 3.84. The molecule has 0 radical (unpaired) electrons. The second-order valence-electron chi connectivity index (χ2n) is 4.21. The summed E-state index contributed by atoms with van der Waals surface area (Å²) in [6, 6.07) is 5.90. The van der Waals surface area contributed by atoms with Crippen LogP contribution in [0.4, 0.5) is 0 Å². The van der Waals surface area contributed by atoms with Crippen molar-refractivity contribution in [3.63, 3.8) is 0 Å². The Morgan fingerprint density at radius 2 is 2.17 bits per heavy atom. The molecule has 0 amide bonds. The highest BCUT2D eigenvalue weighted by molar-refractivity contribution is 7.89. The van der Waals surface area contributed by atoms with Crippen LogP contribution in [0, 0.1) is 0 Å². The van der Waals surface area contributed by atoms with Crippen molar-refractivity contribution in [3.05, 3.63) is 29.3 Å². The minimum Gasteiger partial charge on any atom is -0.386 e. The van der Waals surface area contributed by atoms with Gasteiger partial charge in [-0.1, -0.05) is 17.7 Å². The molecule has 18 heavy (non-hydrogen) atoms. The maximum absolute atomic E-state index is 11.9. The third kappa shape index (κ3) is 4.55. The van der Waals surface area contributed by atoms with Gasteiger partial charge in [0.05, 0.1) is 17.1 Å². The maximum atomic E-state index is 11.9. The monoisotopic (exact) mass is 293 g/mol. The molecule has 5 nitrogen and oxygen atoms in total. The first kappa shape index (κ1) is 15.4. The number of methoxy groups -OCH3 is 1. The van der Waals surface area contributed by atoms with Gasteiger partial charge in [-0.05, 0) is 25.1 Å². The van der Waals surface area contributed by atoms with Crippen LogP contribution in [-0.2, 0) is 14.8 Å². The Balaban J connectivity index is 2.78. The van der Waals surface area contributed by atoms with Crippen molar-refractivity contribution in [2.24, 2.45) is 0 Å². The van der Waals surface area contributed by atoms with Crippen LogP contribution in [0.5, 0.6) is 0 Å². The lowest BCUT2D eigenvalue weighted by Gasteiger charge is -2.22. The van der Waals surface area contributed by atoms with Gasteiger partial charge >= 0.3 is 0 Å². The Kier molecular flexibility index (Phi) is 5.12. The fourth-order valence-electron chi connectivity index (χ4n) is 1.33. The molecule has 0 unspecified atom stereocenters. The van der Waals surface area contributed by atoms with Crippen molar-refractivity contribution in [2.45, 2.75) is 17.4 Å². The Bertz CT molecular complexity index is 502. The molecule has 7 heteroatoms. The van der Waals surface area contributed by atoms with Crippen LogP contribution >= 0.6 is 11.6 Å². The minimum atomic E-state index is -3.68. The van der Waals surface area contributed by atoms with Crippen molar-refractivity contribution in [1.29, 1.82) is 0 Å². The summed E-state index contributed by atoms with van der Waals surface area (Å²) >= 11 is 5.73. The van der Waals surface area contributed by atoms with Crippen LogP contribution in [0.3, 0.4) is 0 Å². The summed E-state index contributed by atoms with van der Waals surface area (Å²) in [4.78, 5) is 0.0585. The summed E-state index contributed by atoms with van der Waals surface area (Å²) in [7, 11) is -2.25. The normalized spacial score (nSPS) is 15.3. The van der Waals surface area contributed by atoms with E-state index < -0.39 is 15.6 Å². The number of rotatable bonds is 6. The molecule has 0 saturated heterocycles. The van der Waals surface area contributed by atoms with E-state index in [4.69, 9.17) is 16.3 Å². The van der Waals surface area contributed by atoms with Crippen molar-refractivity contribution < 1.29 is 18.3 Å². The zero-order valence-electron chi connectivity index (χ0n) is 10.2. The SMILES string of the molecule is COC[C@@](C)(O)CNS(=O)(=O)c1cccc(Cl)c1. The van der Waals surface area contributed by atoms with Gasteiger partial charge in [0.1, 0.15) is 0 Å². The van der Waals surface area contributed by atoms with Crippen LogP contribution < -0.4 is 4.72 Å². The van der Waals surface area contributed by atoms with Gasteiger partial charge in [-0.25, -0.2) is 13.1 Å². The lowest BCUT2D eigenvalue weighted by atomic mass is 10.1. The number of benzene rings is 1. The molecule has 1 atom stereocenters. The van der Waals surface area contributed by atoms with Gasteiger partial charge in [-0.2, -0.15) is 0 Å². The summed E-state index contributed by atoms with van der Waals surface area (Å²) < 4.78 is 30.9. The second kappa shape index (κ2) is 5.99. The van der Waals surface area contributed by atoms with Gasteiger partial charge in [0, 0.05) is 18.7 Å². The molecule has 0 aliphatic rings. The second-order valence-corrected chi connectivity index (χ2v) is 6.42. The summed E-state index contributed by atoms with van der Waals surface area (Å²) in [5, 5.41) is 10.1. The van der Waals surface area contributed by atoms with E-state index in [2.05, 4.69) is 4.72 Å². The van der Waals surface area contributed by atoms with E-state index in [0.29, 0.717) is 5.02 Å². The van der Waals surface area contributed by atoms with Crippen molar-refractivity contribution in [2.75, 3.05) is 20.3 Å². The molecular formula is C11H16ClNO4S. The molecule has 102 valence electrons. The van der Waals surface area contributed by atoms with E-state index in [0.717, 1.165) is 0 Å². The highest BCUT2D eigenvalue weighted by Crippen LogP contribution is 2.15. The van der Waals surface area contributed by atoms with Gasteiger partial charge in [0.25, 0.3) is 0 Å². The number of aliphatic hydroxyl groups is 1. The summed E-state index contributed by atoms with van der Waals surface area (Å²) in [6.07, 6.45) is 0. The van der Waals surface area contributed by atoms with Gasteiger partial charge < -0.3 is 9.84 Å². The third-order valence-electron chi connectivity index (χ3n) is 2.20. The van der Waals surface area contributed by atoms with Crippen molar-refractivity contribution >= 4 is 21.6 Å². The zero-order chi connectivity index (χ0) is 13.8. The first-order valence-corrected chi connectivity index (χ1v) is 7.09. The smallest absolute Gasteiger partial charge is 0.240 e. The summed E-state index contributed by atoms with van der Waals surface area (Å²) in [6.45, 7) is 1.37. The first-order valence-electron chi connectivity index (χ1n) is 5.23. The molecule has 0 aliphatic carbocycles. The molecule has 1 aromatic rings. The number of hydrogen-bond acceptors (Lipinski definition) is 4. The highest BCUT2D eigenvalue weighted by Gasteiger charge is 2.24. The minimum absolute atomic E-state index is 0.0328. The number of nitrogens with one attached hydrogen (secondary N) is 1. The number of halogens is 1. The average molecular weight is 294 g/mol. The quantitative estimate of drug-likeness (QED) is 0.821. The molecule has 0 fully saturated rings. The Morgan fingerprint density at radius 1 is 1.50 bits per heavy atom. The first-order chi connectivity index (χ1) is 8.27. The van der Waals surface area contributed by atoms with Crippen molar-refractivity contribution in [3.8, 4) is 0 Å². The van der Waals surface area contributed by atoms with Crippen LogP contribution in [0.15, 0.2) is 29.2 Å². The summed E-state index contributed by atoms with van der Waals surface area (Å²) in [5.74, 6) is 0. The van der Waals surface area contributed by atoms with Gasteiger partial charge in [0.15, 0.2) is 0 Å². The molecule has 0 heterocycles. The number of sulfonamides is 1. The van der Waals surface area contributed by atoms with Crippen LogP contribution in [-0.4, -0.2) is 39.4 Å². The lowest BCUT2D eigenvalue weighted by Crippen LogP contribution is -2.43. The molecule has 0 bridgehead atoms. The highest BCUT2D eigenvalue weighted by atomic mass is 35.5. The summed E-state index contributed by atoms with van der Waals surface area (Å²) in [5.41, 5.74) is -1.26. The van der Waals surface area contributed by atoms with Crippen LogP contribution in [0.2, 0.25) is 5.02 Å². The van der Waals surface area contributed by atoms with E-state index in [9.17, 15) is 13.5 Å². The van der Waals surface area contributed by atoms with Gasteiger partial charge in [-0.15, -0.1) is 0 Å². The fraction of sp³-hybridized carbons (Fsp3) is 0.455. The Labute approximate surface area is 112 Å². The Hall–Kier alpha value is -0.660. The molecular weight excluding hydrogens is 278 g/mol. The molecule has 0 aliphatic heterocycles.